The summed E-state index contributed by atoms with van der Waals surface area (Å²) in [4.78, 5) is 46.0. The Kier molecular flexibility index (Phi) is 8.61. The van der Waals surface area contributed by atoms with E-state index in [-0.39, 0.29) is 13.1 Å². The van der Waals surface area contributed by atoms with Crippen LogP contribution in [-0.2, 0) is 14.3 Å². The van der Waals surface area contributed by atoms with Crippen LogP contribution in [0, 0.1) is 0 Å². The molecule has 0 fully saturated rings. The molecule has 2 atom stereocenters. The smallest absolute Gasteiger partial charge is 0.347 e. The van der Waals surface area contributed by atoms with Crippen molar-refractivity contribution in [2.75, 3.05) is 13.1 Å². The summed E-state index contributed by atoms with van der Waals surface area (Å²) in [5.74, 6) is -1.36. The molecule has 0 rings (SSSR count). The van der Waals surface area contributed by atoms with E-state index in [9.17, 15) is 24.3 Å². The summed E-state index contributed by atoms with van der Waals surface area (Å²) in [5.41, 5.74) is -0.848. The average molecular weight is 295 g/mol. The largest absolute Gasteiger partial charge is 0.469 e. The van der Waals surface area contributed by atoms with Gasteiger partial charge in [0.15, 0.2) is 5.81 Å². The highest BCUT2D eigenvalue weighted by atomic mass is 16.5. The first-order valence-electron chi connectivity index (χ1n) is 6.50. The summed E-state index contributed by atoms with van der Waals surface area (Å²) in [5, 5.41) is 9.37. The molecule has 0 aromatic carbocycles. The zero-order chi connectivity index (χ0) is 16.6. The second-order valence-corrected chi connectivity index (χ2v) is 4.85. The predicted octanol–water partition coefficient (Wildman–Crippen LogP) is -0.184. The van der Waals surface area contributed by atoms with Crippen LogP contribution in [0.5, 0.6) is 0 Å². The summed E-state index contributed by atoms with van der Waals surface area (Å²) in [6.07, 6.45) is -1.47. The van der Waals surface area contributed by atoms with Crippen molar-refractivity contribution in [2.45, 2.75) is 39.9 Å². The molecule has 0 aromatic heterocycles. The molecule has 2 radical (unpaired) electrons. The molecule has 0 aliphatic carbocycles. The number of amides is 1. The molecule has 0 heterocycles. The number of nitrogens with zero attached hydrogens (tertiary/aromatic N) is 1. The normalized spacial score (nSPS) is 12.8. The Hall–Kier alpha value is -1.63. The molecule has 0 bridgehead atoms. The Morgan fingerprint density at radius 1 is 1.05 bits per heavy atom. The molecular weight excluding hydrogens is 276 g/mol. The van der Waals surface area contributed by atoms with Crippen LogP contribution in [0.3, 0.4) is 0 Å². The van der Waals surface area contributed by atoms with E-state index in [1.807, 2.05) is 0 Å². The summed E-state index contributed by atoms with van der Waals surface area (Å²) >= 11 is 0. The van der Waals surface area contributed by atoms with Crippen molar-refractivity contribution in [1.82, 2.24) is 4.90 Å². The molecular formula is C12H19B2NO6. The van der Waals surface area contributed by atoms with Gasteiger partial charge in [0.05, 0.1) is 24.0 Å². The molecule has 1 amide bonds. The lowest BCUT2D eigenvalue weighted by Gasteiger charge is -2.27. The van der Waals surface area contributed by atoms with Crippen LogP contribution in [0.15, 0.2) is 0 Å². The predicted molar refractivity (Wildman–Crippen MR) is 77.5 cm³/mol. The van der Waals surface area contributed by atoms with E-state index < -0.39 is 35.2 Å². The van der Waals surface area contributed by atoms with Gasteiger partial charge in [-0.05, 0) is 27.7 Å². The van der Waals surface area contributed by atoms with Crippen molar-refractivity contribution in [1.29, 1.82) is 0 Å². The standard InChI is InChI=1S/C12H19B2NO6/c1-7(16)5-15(11(19)13-9(3)17)6-8(2)21-12(20)14-10(4)18/h7-8,16H,5-6H2,1-4H3. The molecule has 1 N–H and O–H groups in total. The van der Waals surface area contributed by atoms with Gasteiger partial charge >= 0.3 is 14.6 Å². The molecule has 0 aromatic rings. The van der Waals surface area contributed by atoms with Crippen LogP contribution in [0.25, 0.3) is 0 Å². The Morgan fingerprint density at radius 2 is 1.57 bits per heavy atom. The number of hydrogen-bond acceptors (Lipinski definition) is 6. The third-order valence-electron chi connectivity index (χ3n) is 2.24. The van der Waals surface area contributed by atoms with Gasteiger partial charge in [0.1, 0.15) is 6.10 Å². The van der Waals surface area contributed by atoms with Crippen LogP contribution >= 0.6 is 0 Å². The van der Waals surface area contributed by atoms with Crippen molar-refractivity contribution < 1.29 is 29.0 Å². The molecule has 21 heavy (non-hydrogen) atoms. The van der Waals surface area contributed by atoms with E-state index in [0.717, 1.165) is 14.6 Å². The number of carbonyl (C=O) groups excluding carboxylic acids is 4. The van der Waals surface area contributed by atoms with Gasteiger partial charge in [-0.25, -0.2) is 0 Å². The first-order valence-corrected chi connectivity index (χ1v) is 6.50. The molecule has 7 nitrogen and oxygen atoms in total. The molecule has 0 aliphatic heterocycles. The van der Waals surface area contributed by atoms with E-state index >= 15 is 0 Å². The monoisotopic (exact) mass is 295 g/mol. The maximum Gasteiger partial charge on any atom is 0.347 e. The molecule has 0 spiro atoms. The van der Waals surface area contributed by atoms with Gasteiger partial charge in [-0.2, -0.15) is 0 Å². The third kappa shape index (κ3) is 9.84. The summed E-state index contributed by atoms with van der Waals surface area (Å²) in [6.45, 7) is 5.50. The zero-order valence-electron chi connectivity index (χ0n) is 12.7. The lowest BCUT2D eigenvalue weighted by molar-refractivity contribution is -0.111. The van der Waals surface area contributed by atoms with E-state index in [4.69, 9.17) is 4.74 Å². The highest BCUT2D eigenvalue weighted by molar-refractivity contribution is 6.96. The second-order valence-electron chi connectivity index (χ2n) is 4.85. The molecule has 0 aliphatic rings. The Balaban J connectivity index is 4.57. The Morgan fingerprint density at radius 3 is 2.00 bits per heavy atom. The van der Waals surface area contributed by atoms with Crippen molar-refractivity contribution in [3.05, 3.63) is 0 Å². The van der Waals surface area contributed by atoms with Gasteiger partial charge in [0.2, 0.25) is 0 Å². The van der Waals surface area contributed by atoms with Gasteiger partial charge in [0.25, 0.3) is 5.87 Å². The fourth-order valence-electron chi connectivity index (χ4n) is 1.58. The minimum atomic E-state index is -0.796. The second kappa shape index (κ2) is 9.33. The van der Waals surface area contributed by atoms with E-state index in [1.54, 1.807) is 6.92 Å². The molecule has 0 saturated heterocycles. The SMILES string of the molecule is CC(=O)[B]C(=O)OC(C)CN(CC(C)O)C(=O)[B]C(C)=O. The van der Waals surface area contributed by atoms with E-state index in [2.05, 4.69) is 0 Å². The van der Waals surface area contributed by atoms with Gasteiger partial charge in [-0.15, -0.1) is 0 Å². The number of rotatable bonds is 9. The molecule has 9 heteroatoms. The number of ether oxygens (including phenoxy) is 1. The van der Waals surface area contributed by atoms with Crippen LogP contribution in [0.4, 0.5) is 9.59 Å². The molecule has 2 unspecified atom stereocenters. The quantitative estimate of drug-likeness (QED) is 0.592. The highest BCUT2D eigenvalue weighted by Gasteiger charge is 2.22. The van der Waals surface area contributed by atoms with E-state index in [0.29, 0.717) is 0 Å². The fourth-order valence-corrected chi connectivity index (χ4v) is 1.58. The first kappa shape index (κ1) is 19.4. The average Bonchev–Trinajstić information content (AvgIpc) is 2.24. The molecule has 0 saturated carbocycles. The molecule has 114 valence electrons. The summed E-state index contributed by atoms with van der Waals surface area (Å²) in [6, 6.07) is 0. The van der Waals surface area contributed by atoms with Gasteiger partial charge in [-0.1, -0.05) is 0 Å². The van der Waals surface area contributed by atoms with Gasteiger partial charge < -0.3 is 24.3 Å². The van der Waals surface area contributed by atoms with Gasteiger partial charge in [0, 0.05) is 6.54 Å². The lowest BCUT2D eigenvalue weighted by Crippen LogP contribution is -2.44. The van der Waals surface area contributed by atoms with E-state index in [1.165, 1.54) is 25.7 Å². The Labute approximate surface area is 125 Å². The van der Waals surface area contributed by atoms with Crippen LogP contribution in [-0.4, -0.2) is 72.9 Å². The van der Waals surface area contributed by atoms with Crippen LogP contribution in [0.1, 0.15) is 27.7 Å². The number of aliphatic hydroxyl groups excluding tert-OH is 1. The van der Waals surface area contributed by atoms with Crippen LogP contribution in [0.2, 0.25) is 0 Å². The maximum absolute atomic E-state index is 11.8. The minimum Gasteiger partial charge on any atom is -0.469 e. The topological polar surface area (TPSA) is 101 Å². The maximum atomic E-state index is 11.8. The van der Waals surface area contributed by atoms with Crippen molar-refractivity contribution in [3.8, 4) is 0 Å². The number of aliphatic hydroxyl groups is 1. The van der Waals surface area contributed by atoms with Crippen molar-refractivity contribution in [2.24, 2.45) is 0 Å². The Bertz CT molecular complexity index is 413. The number of hydrogen-bond donors (Lipinski definition) is 1. The van der Waals surface area contributed by atoms with Crippen molar-refractivity contribution in [3.63, 3.8) is 0 Å². The van der Waals surface area contributed by atoms with Gasteiger partial charge in [-0.3, -0.25) is 9.59 Å². The summed E-state index contributed by atoms with van der Waals surface area (Å²) in [7, 11) is 1.71. The lowest BCUT2D eigenvalue weighted by atomic mass is 9.72. The zero-order valence-corrected chi connectivity index (χ0v) is 12.7. The third-order valence-corrected chi connectivity index (χ3v) is 2.24. The number of carbonyl (C=O) groups is 4. The highest BCUT2D eigenvalue weighted by Crippen LogP contribution is 2.02. The summed E-state index contributed by atoms with van der Waals surface area (Å²) < 4.78 is 4.94. The van der Waals surface area contributed by atoms with Crippen molar-refractivity contribution >= 4 is 37.6 Å². The minimum absolute atomic E-state index is 0.000919. The first-order chi connectivity index (χ1) is 9.61. The fraction of sp³-hybridized carbons (Fsp3) is 0.667. The van der Waals surface area contributed by atoms with Crippen LogP contribution < -0.4 is 0 Å².